The van der Waals surface area contributed by atoms with Crippen molar-refractivity contribution >= 4 is 21.7 Å². The van der Waals surface area contributed by atoms with Crippen LogP contribution in [-0.4, -0.2) is 28.0 Å². The first kappa shape index (κ1) is 17.2. The molecule has 8 heteroatoms. The largest absolute Gasteiger partial charge is 0.494 e. The average molecular weight is 365 g/mol. The van der Waals surface area contributed by atoms with Gasteiger partial charge in [0.05, 0.1) is 7.11 Å². The number of hydrogen-bond acceptors (Lipinski definition) is 5. The number of amides is 1. The zero-order valence-corrected chi connectivity index (χ0v) is 14.3. The molecule has 6 nitrogen and oxygen atoms in total. The maximum Gasteiger partial charge on any atom is 0.339 e. The predicted octanol–water partition coefficient (Wildman–Crippen LogP) is 2.73. The first-order valence-electron chi connectivity index (χ1n) is 7.59. The number of rotatable bonds is 5. The van der Waals surface area contributed by atoms with Crippen LogP contribution in [-0.2, 0) is 14.9 Å². The van der Waals surface area contributed by atoms with E-state index in [1.54, 1.807) is 17.0 Å². The maximum absolute atomic E-state index is 13.7. The van der Waals surface area contributed by atoms with Crippen LogP contribution < -0.4 is 13.8 Å². The number of nitrogens with zero attached hydrogens (tertiary/aromatic N) is 1. The third kappa shape index (κ3) is 3.58. The fourth-order valence-corrected chi connectivity index (χ4v) is 3.52. The molecule has 1 aliphatic rings. The number of anilines is 1. The topological polar surface area (TPSA) is 72.9 Å². The summed E-state index contributed by atoms with van der Waals surface area (Å²) >= 11 is 0. The highest BCUT2D eigenvalue weighted by Crippen LogP contribution is 2.27. The van der Waals surface area contributed by atoms with Crippen molar-refractivity contribution in [3.63, 3.8) is 0 Å². The molecule has 2 aromatic rings. The maximum atomic E-state index is 13.7. The molecule has 0 atom stereocenters. The number of carbonyl (C=O) groups is 1. The molecule has 2 aromatic carbocycles. The summed E-state index contributed by atoms with van der Waals surface area (Å²) in [6, 6.07) is 9.40. The van der Waals surface area contributed by atoms with Crippen LogP contribution in [0.2, 0.25) is 0 Å². The molecule has 0 spiro atoms. The standard InChI is InChI=1S/C17H16FNO5S/c1-23-16-9-8-14(11-15(16)18)25(21,22)24-13-6-4-12(5-7-13)19-10-2-3-17(19)20/h4-9,11H,2-3,10H2,1H3. The Labute approximate surface area is 144 Å². The molecule has 0 N–H and O–H groups in total. The number of ether oxygens (including phenoxy) is 1. The van der Waals surface area contributed by atoms with Crippen molar-refractivity contribution in [2.45, 2.75) is 17.7 Å². The highest BCUT2D eigenvalue weighted by molar-refractivity contribution is 7.87. The van der Waals surface area contributed by atoms with Gasteiger partial charge in [-0.25, -0.2) is 4.39 Å². The van der Waals surface area contributed by atoms with Crippen LogP contribution in [0, 0.1) is 5.82 Å². The van der Waals surface area contributed by atoms with Crippen LogP contribution in [0.4, 0.5) is 10.1 Å². The van der Waals surface area contributed by atoms with Crippen LogP contribution in [0.3, 0.4) is 0 Å². The predicted molar refractivity (Wildman–Crippen MR) is 88.8 cm³/mol. The summed E-state index contributed by atoms with van der Waals surface area (Å²) < 4.78 is 48.0. The minimum atomic E-state index is -4.18. The summed E-state index contributed by atoms with van der Waals surface area (Å²) in [4.78, 5) is 13.0. The van der Waals surface area contributed by atoms with E-state index in [1.165, 1.54) is 31.4 Å². The monoisotopic (exact) mass is 365 g/mol. The van der Waals surface area contributed by atoms with Gasteiger partial charge in [0.1, 0.15) is 10.6 Å². The van der Waals surface area contributed by atoms with Crippen molar-refractivity contribution in [3.05, 3.63) is 48.3 Å². The third-order valence-electron chi connectivity index (χ3n) is 3.84. The summed E-state index contributed by atoms with van der Waals surface area (Å²) in [5.41, 5.74) is 0.683. The van der Waals surface area contributed by atoms with E-state index in [1.807, 2.05) is 0 Å². The fourth-order valence-electron chi connectivity index (χ4n) is 2.58. The fraction of sp³-hybridized carbons (Fsp3) is 0.235. The van der Waals surface area contributed by atoms with E-state index in [-0.39, 0.29) is 22.3 Å². The molecule has 1 heterocycles. The number of carbonyl (C=O) groups excluding carboxylic acids is 1. The molecule has 3 rings (SSSR count). The molecule has 0 radical (unpaired) electrons. The molecule has 1 saturated heterocycles. The zero-order chi connectivity index (χ0) is 18.0. The molecule has 0 unspecified atom stereocenters. The van der Waals surface area contributed by atoms with Gasteiger partial charge < -0.3 is 13.8 Å². The van der Waals surface area contributed by atoms with E-state index in [0.717, 1.165) is 12.5 Å². The quantitative estimate of drug-likeness (QED) is 0.762. The van der Waals surface area contributed by atoms with Crippen LogP contribution in [0.25, 0.3) is 0 Å². The van der Waals surface area contributed by atoms with E-state index in [4.69, 9.17) is 8.92 Å². The lowest BCUT2D eigenvalue weighted by Crippen LogP contribution is -2.23. The summed E-state index contributed by atoms with van der Waals surface area (Å²) in [6.45, 7) is 0.641. The van der Waals surface area contributed by atoms with Crippen molar-refractivity contribution in [1.29, 1.82) is 0 Å². The molecule has 132 valence electrons. The molecular formula is C17H16FNO5S. The van der Waals surface area contributed by atoms with Crippen molar-refractivity contribution < 1.29 is 26.5 Å². The molecule has 1 aliphatic heterocycles. The normalized spacial score (nSPS) is 14.6. The van der Waals surface area contributed by atoms with Gasteiger partial charge in [-0.05, 0) is 48.9 Å². The van der Waals surface area contributed by atoms with E-state index < -0.39 is 15.9 Å². The number of halogens is 1. The lowest BCUT2D eigenvalue weighted by atomic mass is 10.3. The van der Waals surface area contributed by atoms with Gasteiger partial charge in [-0.2, -0.15) is 8.42 Å². The lowest BCUT2D eigenvalue weighted by Gasteiger charge is -2.16. The Bertz CT molecular complexity index is 896. The molecule has 25 heavy (non-hydrogen) atoms. The Morgan fingerprint density at radius 3 is 2.40 bits per heavy atom. The summed E-state index contributed by atoms with van der Waals surface area (Å²) in [5.74, 6) is -0.740. The van der Waals surface area contributed by atoms with E-state index in [0.29, 0.717) is 18.7 Å². The van der Waals surface area contributed by atoms with Crippen molar-refractivity contribution in [3.8, 4) is 11.5 Å². The van der Waals surface area contributed by atoms with Gasteiger partial charge >= 0.3 is 10.1 Å². The first-order chi connectivity index (χ1) is 11.9. The van der Waals surface area contributed by atoms with Crippen LogP contribution in [0.5, 0.6) is 11.5 Å². The van der Waals surface area contributed by atoms with Gasteiger partial charge in [0.2, 0.25) is 5.91 Å². The highest BCUT2D eigenvalue weighted by atomic mass is 32.2. The van der Waals surface area contributed by atoms with Gasteiger partial charge in [-0.3, -0.25) is 4.79 Å². The number of methoxy groups -OCH3 is 1. The zero-order valence-electron chi connectivity index (χ0n) is 13.4. The second kappa shape index (κ2) is 6.72. The van der Waals surface area contributed by atoms with E-state index in [2.05, 4.69) is 0 Å². The summed E-state index contributed by atoms with van der Waals surface area (Å²) in [6.07, 6.45) is 1.31. The average Bonchev–Trinajstić information content (AvgIpc) is 3.01. The van der Waals surface area contributed by atoms with Crippen molar-refractivity contribution in [2.75, 3.05) is 18.6 Å². The van der Waals surface area contributed by atoms with E-state index >= 15 is 0 Å². The van der Waals surface area contributed by atoms with E-state index in [9.17, 15) is 17.6 Å². The number of hydrogen-bond donors (Lipinski definition) is 0. The van der Waals surface area contributed by atoms with Crippen LogP contribution in [0.15, 0.2) is 47.4 Å². The van der Waals surface area contributed by atoms with Gasteiger partial charge in [0.15, 0.2) is 11.6 Å². The number of benzene rings is 2. The molecule has 0 aliphatic carbocycles. The van der Waals surface area contributed by atoms with Crippen LogP contribution in [0.1, 0.15) is 12.8 Å². The molecular weight excluding hydrogens is 349 g/mol. The highest BCUT2D eigenvalue weighted by Gasteiger charge is 2.22. The summed E-state index contributed by atoms with van der Waals surface area (Å²) in [5, 5.41) is 0. The molecule has 1 amide bonds. The second-order valence-corrected chi connectivity index (χ2v) is 7.02. The van der Waals surface area contributed by atoms with Crippen molar-refractivity contribution in [1.82, 2.24) is 0 Å². The SMILES string of the molecule is COc1ccc(S(=O)(=O)Oc2ccc(N3CCCC3=O)cc2)cc1F. The second-order valence-electron chi connectivity index (χ2n) is 5.48. The first-order valence-corrected chi connectivity index (χ1v) is 9.00. The molecule has 0 aromatic heterocycles. The minimum absolute atomic E-state index is 0.0370. The Morgan fingerprint density at radius 1 is 1.12 bits per heavy atom. The Morgan fingerprint density at radius 2 is 1.84 bits per heavy atom. The van der Waals surface area contributed by atoms with Gasteiger partial charge in [-0.15, -0.1) is 0 Å². The van der Waals surface area contributed by atoms with Crippen LogP contribution >= 0.6 is 0 Å². The molecule has 0 bridgehead atoms. The van der Waals surface area contributed by atoms with Crippen molar-refractivity contribution in [2.24, 2.45) is 0 Å². The van der Waals surface area contributed by atoms with Gasteiger partial charge in [0, 0.05) is 18.7 Å². The minimum Gasteiger partial charge on any atom is -0.494 e. The Kier molecular flexibility index (Phi) is 4.63. The summed E-state index contributed by atoms with van der Waals surface area (Å²) in [7, 11) is -2.89. The third-order valence-corrected chi connectivity index (χ3v) is 5.08. The Hall–Kier alpha value is -2.61. The molecule has 0 saturated carbocycles. The molecule has 1 fully saturated rings. The lowest BCUT2D eigenvalue weighted by molar-refractivity contribution is -0.117. The Balaban J connectivity index is 1.79. The van der Waals surface area contributed by atoms with Gasteiger partial charge in [0.25, 0.3) is 0 Å². The van der Waals surface area contributed by atoms with Gasteiger partial charge in [-0.1, -0.05) is 0 Å². The smallest absolute Gasteiger partial charge is 0.339 e.